The Bertz CT molecular complexity index is 499. The number of rotatable bonds is 6. The third kappa shape index (κ3) is 5.19. The first-order chi connectivity index (χ1) is 10.9. The molecular weight excluding hydrogens is 369 g/mol. The van der Waals surface area contributed by atoms with E-state index >= 15 is 0 Å². The molecule has 0 spiro atoms. The largest absolute Gasteiger partial charge is 0.416 e. The van der Waals surface area contributed by atoms with E-state index in [1.807, 2.05) is 0 Å². The molecule has 1 N–H and O–H groups in total. The second-order valence-corrected chi connectivity index (χ2v) is 6.89. The minimum absolute atomic E-state index is 0.0420. The highest BCUT2D eigenvalue weighted by Crippen LogP contribution is 2.37. The van der Waals surface area contributed by atoms with Gasteiger partial charge in [-0.05, 0) is 30.2 Å². The number of benzene rings is 1. The van der Waals surface area contributed by atoms with Gasteiger partial charge in [-0.2, -0.15) is 13.2 Å². The normalized spacial score (nSPS) is 18.1. The summed E-state index contributed by atoms with van der Waals surface area (Å²) in [6.45, 7) is 5.67. The highest BCUT2D eigenvalue weighted by molar-refractivity contribution is 9.10. The van der Waals surface area contributed by atoms with Crippen LogP contribution in [0.5, 0.6) is 0 Å². The van der Waals surface area contributed by atoms with E-state index in [1.165, 1.54) is 12.1 Å². The first kappa shape index (κ1) is 18.7. The molecule has 1 aromatic rings. The first-order valence-electron chi connectivity index (χ1n) is 8.25. The summed E-state index contributed by atoms with van der Waals surface area (Å²) in [6, 6.07) is 4.05. The van der Waals surface area contributed by atoms with E-state index in [1.54, 1.807) is 0 Å². The van der Waals surface area contributed by atoms with Crippen molar-refractivity contribution in [1.29, 1.82) is 0 Å². The first-order valence-corrected chi connectivity index (χ1v) is 9.04. The van der Waals surface area contributed by atoms with Crippen LogP contribution in [0.15, 0.2) is 22.7 Å². The summed E-state index contributed by atoms with van der Waals surface area (Å²) in [5.41, 5.74) is 0.198. The van der Waals surface area contributed by atoms with Gasteiger partial charge in [0.25, 0.3) is 0 Å². The maximum absolute atomic E-state index is 13.1. The molecule has 0 aliphatic carbocycles. The van der Waals surface area contributed by atoms with Crippen LogP contribution >= 0.6 is 15.9 Å². The smallest absolute Gasteiger partial charge is 0.314 e. The van der Waals surface area contributed by atoms with Gasteiger partial charge in [-0.25, -0.2) is 0 Å². The number of alkyl halides is 3. The Labute approximate surface area is 144 Å². The number of nitrogens with one attached hydrogen (secondary N) is 1. The van der Waals surface area contributed by atoms with Crippen molar-refractivity contribution in [1.82, 2.24) is 10.2 Å². The van der Waals surface area contributed by atoms with Crippen LogP contribution in [0, 0.1) is 0 Å². The predicted molar refractivity (Wildman–Crippen MR) is 90.5 cm³/mol. The lowest BCUT2D eigenvalue weighted by atomic mass is 9.96. The van der Waals surface area contributed by atoms with E-state index in [0.29, 0.717) is 0 Å². The summed E-state index contributed by atoms with van der Waals surface area (Å²) < 4.78 is 40.0. The van der Waals surface area contributed by atoms with Crippen LogP contribution in [0.25, 0.3) is 0 Å². The lowest BCUT2D eigenvalue weighted by molar-refractivity contribution is -0.137. The van der Waals surface area contributed by atoms with Gasteiger partial charge in [0.2, 0.25) is 0 Å². The van der Waals surface area contributed by atoms with Gasteiger partial charge in [0.15, 0.2) is 0 Å². The minimum atomic E-state index is -4.30. The summed E-state index contributed by atoms with van der Waals surface area (Å²) in [6.07, 6.45) is -0.147. The topological polar surface area (TPSA) is 15.3 Å². The molecule has 1 heterocycles. The van der Waals surface area contributed by atoms with E-state index in [0.717, 1.165) is 68.0 Å². The monoisotopic (exact) mass is 392 g/mol. The van der Waals surface area contributed by atoms with Crippen molar-refractivity contribution in [3.8, 4) is 0 Å². The summed E-state index contributed by atoms with van der Waals surface area (Å²) >= 11 is 3.46. The van der Waals surface area contributed by atoms with E-state index in [9.17, 15) is 13.2 Å². The molecule has 130 valence electrons. The van der Waals surface area contributed by atoms with Gasteiger partial charge in [-0.15, -0.1) is 0 Å². The number of hydrogen-bond donors (Lipinski definition) is 1. The molecule has 1 aliphatic heterocycles. The summed E-state index contributed by atoms with van der Waals surface area (Å²) in [5, 5.41) is 3.31. The Morgan fingerprint density at radius 3 is 2.52 bits per heavy atom. The zero-order chi connectivity index (χ0) is 16.9. The van der Waals surface area contributed by atoms with Crippen molar-refractivity contribution >= 4 is 15.9 Å². The highest BCUT2D eigenvalue weighted by atomic mass is 79.9. The lowest BCUT2D eigenvalue weighted by Gasteiger charge is -2.36. The van der Waals surface area contributed by atoms with Gasteiger partial charge in [0.1, 0.15) is 0 Å². The van der Waals surface area contributed by atoms with Gasteiger partial charge in [0.05, 0.1) is 5.56 Å². The summed E-state index contributed by atoms with van der Waals surface area (Å²) in [4.78, 5) is 2.31. The summed E-state index contributed by atoms with van der Waals surface area (Å²) in [7, 11) is 0. The molecule has 1 aromatic carbocycles. The van der Waals surface area contributed by atoms with E-state index < -0.39 is 11.7 Å². The molecule has 1 saturated heterocycles. The minimum Gasteiger partial charge on any atom is -0.314 e. The average Bonchev–Trinajstić information content (AvgIpc) is 2.52. The number of piperazine rings is 1. The third-order valence-electron chi connectivity index (χ3n) is 4.36. The second kappa shape index (κ2) is 8.49. The fourth-order valence-electron chi connectivity index (χ4n) is 3.09. The van der Waals surface area contributed by atoms with Crippen molar-refractivity contribution in [2.75, 3.05) is 26.2 Å². The maximum atomic E-state index is 13.1. The molecule has 0 unspecified atom stereocenters. The van der Waals surface area contributed by atoms with Gasteiger partial charge in [-0.3, -0.25) is 4.90 Å². The molecule has 2 nitrogen and oxygen atoms in total. The fraction of sp³-hybridized carbons (Fsp3) is 0.647. The Kier molecular flexibility index (Phi) is 6.92. The standard InChI is InChI=1S/C17H24BrF3N2/c1-2-3-4-5-16(23-10-8-22-9-11-23)14-12-13(17(19,20)21)6-7-15(14)18/h6-7,12,16,22H,2-5,8-11H2,1H3/t16-/m0/s1. The molecule has 0 amide bonds. The molecule has 0 aromatic heterocycles. The fourth-order valence-corrected chi connectivity index (χ4v) is 3.60. The zero-order valence-corrected chi connectivity index (χ0v) is 15.0. The van der Waals surface area contributed by atoms with Crippen molar-refractivity contribution in [2.24, 2.45) is 0 Å². The summed E-state index contributed by atoms with van der Waals surface area (Å²) in [5.74, 6) is 0. The van der Waals surface area contributed by atoms with Crippen molar-refractivity contribution in [3.05, 3.63) is 33.8 Å². The van der Waals surface area contributed by atoms with Gasteiger partial charge < -0.3 is 5.32 Å². The molecule has 0 bridgehead atoms. The maximum Gasteiger partial charge on any atom is 0.416 e. The SMILES string of the molecule is CCCCC[C@@H](c1cc(C(F)(F)F)ccc1Br)N1CCNCC1. The second-order valence-electron chi connectivity index (χ2n) is 6.03. The zero-order valence-electron chi connectivity index (χ0n) is 13.4. The molecule has 0 radical (unpaired) electrons. The quantitative estimate of drug-likeness (QED) is 0.685. The van der Waals surface area contributed by atoms with Gasteiger partial charge >= 0.3 is 6.18 Å². The van der Waals surface area contributed by atoms with Gasteiger partial charge in [0, 0.05) is 36.7 Å². The number of nitrogens with zero attached hydrogens (tertiary/aromatic N) is 1. The van der Waals surface area contributed by atoms with E-state index in [4.69, 9.17) is 0 Å². The highest BCUT2D eigenvalue weighted by Gasteiger charge is 2.32. The lowest BCUT2D eigenvalue weighted by Crippen LogP contribution is -2.45. The molecular formula is C17H24BrF3N2. The van der Waals surface area contributed by atoms with Crippen molar-refractivity contribution in [2.45, 2.75) is 44.8 Å². The Morgan fingerprint density at radius 1 is 1.22 bits per heavy atom. The Balaban J connectivity index is 2.29. The van der Waals surface area contributed by atoms with Gasteiger partial charge in [-0.1, -0.05) is 42.1 Å². The predicted octanol–water partition coefficient (Wildman–Crippen LogP) is 4.99. The number of unbranched alkanes of at least 4 members (excludes halogenated alkanes) is 2. The molecule has 0 saturated carbocycles. The van der Waals surface area contributed by atoms with Crippen LogP contribution in [-0.4, -0.2) is 31.1 Å². The molecule has 1 atom stereocenters. The van der Waals surface area contributed by atoms with Crippen LogP contribution in [-0.2, 0) is 6.18 Å². The average molecular weight is 393 g/mol. The Hall–Kier alpha value is -0.590. The van der Waals surface area contributed by atoms with Crippen LogP contribution < -0.4 is 5.32 Å². The van der Waals surface area contributed by atoms with Crippen molar-refractivity contribution < 1.29 is 13.2 Å². The van der Waals surface area contributed by atoms with E-state index in [-0.39, 0.29) is 6.04 Å². The molecule has 6 heteroatoms. The molecule has 1 aliphatic rings. The number of hydrogen-bond acceptors (Lipinski definition) is 2. The van der Waals surface area contributed by atoms with Crippen LogP contribution in [0.2, 0.25) is 0 Å². The molecule has 1 fully saturated rings. The number of halogens is 4. The molecule has 23 heavy (non-hydrogen) atoms. The van der Waals surface area contributed by atoms with E-state index in [2.05, 4.69) is 33.1 Å². The Morgan fingerprint density at radius 2 is 1.91 bits per heavy atom. The van der Waals surface area contributed by atoms with Crippen molar-refractivity contribution in [3.63, 3.8) is 0 Å². The molecule has 2 rings (SSSR count). The van der Waals surface area contributed by atoms with Crippen LogP contribution in [0.3, 0.4) is 0 Å². The van der Waals surface area contributed by atoms with Crippen LogP contribution in [0.4, 0.5) is 13.2 Å². The van der Waals surface area contributed by atoms with Crippen LogP contribution in [0.1, 0.15) is 49.8 Å². The third-order valence-corrected chi connectivity index (χ3v) is 5.08.